The van der Waals surface area contributed by atoms with Gasteiger partial charge < -0.3 is 19.3 Å². The van der Waals surface area contributed by atoms with Gasteiger partial charge in [-0.15, -0.1) is 0 Å². The summed E-state index contributed by atoms with van der Waals surface area (Å²) in [7, 11) is 1.62. The first kappa shape index (κ1) is 16.0. The normalized spacial score (nSPS) is 36.8. The van der Waals surface area contributed by atoms with Gasteiger partial charge in [-0.1, -0.05) is 12.2 Å². The summed E-state index contributed by atoms with van der Waals surface area (Å²) in [6.45, 7) is 0.953. The number of aliphatic carboxylic acids is 1. The number of nitrogens with zero attached hydrogens (tertiary/aromatic N) is 1. The molecule has 0 aromatic rings. The number of fused-ring (bicyclic) bond motifs is 1. The Balaban J connectivity index is 1.92. The highest BCUT2D eigenvalue weighted by molar-refractivity contribution is 5.70. The van der Waals surface area contributed by atoms with Crippen molar-refractivity contribution in [3.8, 4) is 6.07 Å². The van der Waals surface area contributed by atoms with Gasteiger partial charge in [0.1, 0.15) is 24.6 Å². The van der Waals surface area contributed by atoms with E-state index in [0.717, 1.165) is 5.57 Å². The highest BCUT2D eigenvalue weighted by Crippen LogP contribution is 2.48. The number of hydrogen-bond acceptors (Lipinski definition) is 5. The van der Waals surface area contributed by atoms with Gasteiger partial charge in [0.2, 0.25) is 0 Å². The molecule has 1 saturated heterocycles. The van der Waals surface area contributed by atoms with Crippen molar-refractivity contribution in [2.75, 3.05) is 20.3 Å². The molecule has 0 aromatic heterocycles. The standard InChI is InChI=1S/C17H21NO5/c1-21-13-3-2-12(14-15(13)23-9-8-22-14)17(10-18)6-4-11(5-7-17)16(19)20/h2-3,11,13,15H,4-9H2,1H3,(H,19,20). The maximum absolute atomic E-state index is 11.2. The number of methoxy groups -OCH3 is 1. The van der Waals surface area contributed by atoms with Crippen LogP contribution in [0.15, 0.2) is 23.5 Å². The molecule has 0 radical (unpaired) electrons. The van der Waals surface area contributed by atoms with Crippen LogP contribution in [-0.4, -0.2) is 43.6 Å². The lowest BCUT2D eigenvalue weighted by molar-refractivity contribution is -0.143. The monoisotopic (exact) mass is 319 g/mol. The molecular formula is C17H21NO5. The molecule has 1 heterocycles. The third kappa shape index (κ3) is 2.75. The molecule has 124 valence electrons. The summed E-state index contributed by atoms with van der Waals surface area (Å²) in [4.78, 5) is 11.2. The lowest BCUT2D eigenvalue weighted by Gasteiger charge is -2.41. The van der Waals surface area contributed by atoms with Crippen LogP contribution in [0, 0.1) is 22.7 Å². The second kappa shape index (κ2) is 6.34. The fourth-order valence-corrected chi connectivity index (χ4v) is 3.73. The van der Waals surface area contributed by atoms with Crippen molar-refractivity contribution in [3.05, 3.63) is 23.5 Å². The molecule has 0 spiro atoms. The second-order valence-corrected chi connectivity index (χ2v) is 6.28. The van der Waals surface area contributed by atoms with Gasteiger partial charge in [-0.3, -0.25) is 4.79 Å². The average Bonchev–Trinajstić information content (AvgIpc) is 2.60. The van der Waals surface area contributed by atoms with Crippen LogP contribution in [0.25, 0.3) is 0 Å². The highest BCUT2D eigenvalue weighted by Gasteiger charge is 2.45. The first-order chi connectivity index (χ1) is 11.1. The summed E-state index contributed by atoms with van der Waals surface area (Å²) < 4.78 is 17.1. The van der Waals surface area contributed by atoms with Crippen LogP contribution in [0.4, 0.5) is 0 Å². The Morgan fingerprint density at radius 3 is 2.78 bits per heavy atom. The van der Waals surface area contributed by atoms with Crippen LogP contribution in [0.3, 0.4) is 0 Å². The van der Waals surface area contributed by atoms with Gasteiger partial charge in [-0.25, -0.2) is 0 Å². The summed E-state index contributed by atoms with van der Waals surface area (Å²) in [5, 5.41) is 19.0. The third-order valence-corrected chi connectivity index (χ3v) is 5.10. The SMILES string of the molecule is COC1C=CC(C2(C#N)CCC(C(=O)O)CC2)=C2OCCOC21. The summed E-state index contributed by atoms with van der Waals surface area (Å²) in [5.41, 5.74) is 0.136. The molecule has 6 heteroatoms. The van der Waals surface area contributed by atoms with Crippen LogP contribution < -0.4 is 0 Å². The van der Waals surface area contributed by atoms with Gasteiger partial charge in [-0.05, 0) is 25.7 Å². The molecule has 2 aliphatic carbocycles. The lowest BCUT2D eigenvalue weighted by Crippen LogP contribution is -2.42. The Labute approximate surface area is 135 Å². The molecule has 23 heavy (non-hydrogen) atoms. The zero-order valence-corrected chi connectivity index (χ0v) is 13.2. The largest absolute Gasteiger partial charge is 0.492 e. The molecule has 1 saturated carbocycles. The van der Waals surface area contributed by atoms with E-state index < -0.39 is 11.4 Å². The highest BCUT2D eigenvalue weighted by atomic mass is 16.6. The molecule has 2 atom stereocenters. The first-order valence-electron chi connectivity index (χ1n) is 7.95. The molecule has 0 aromatic carbocycles. The van der Waals surface area contributed by atoms with Gasteiger partial charge in [0.05, 0.1) is 24.0 Å². The fourth-order valence-electron chi connectivity index (χ4n) is 3.73. The van der Waals surface area contributed by atoms with E-state index in [0.29, 0.717) is 44.7 Å². The Kier molecular flexibility index (Phi) is 4.42. The Bertz CT molecular complexity index is 580. The molecule has 2 unspecified atom stereocenters. The topological polar surface area (TPSA) is 88.8 Å². The predicted octanol–water partition coefficient (Wildman–Crippen LogP) is 2.03. The maximum atomic E-state index is 11.2. The number of carbonyl (C=O) groups is 1. The minimum atomic E-state index is -0.775. The minimum absolute atomic E-state index is 0.222. The summed E-state index contributed by atoms with van der Waals surface area (Å²) in [6.07, 6.45) is 5.32. The van der Waals surface area contributed by atoms with Crippen molar-refractivity contribution >= 4 is 5.97 Å². The zero-order chi connectivity index (χ0) is 16.4. The van der Waals surface area contributed by atoms with Crippen LogP contribution in [0.5, 0.6) is 0 Å². The summed E-state index contributed by atoms with van der Waals surface area (Å²) in [5.74, 6) is -0.454. The first-order valence-corrected chi connectivity index (χ1v) is 7.95. The second-order valence-electron chi connectivity index (χ2n) is 6.28. The Morgan fingerprint density at radius 1 is 1.43 bits per heavy atom. The van der Waals surface area contributed by atoms with Crippen LogP contribution in [-0.2, 0) is 19.0 Å². The third-order valence-electron chi connectivity index (χ3n) is 5.10. The number of carboxylic acid groups (broad SMARTS) is 1. The van der Waals surface area contributed by atoms with E-state index in [9.17, 15) is 15.2 Å². The quantitative estimate of drug-likeness (QED) is 0.856. The van der Waals surface area contributed by atoms with E-state index in [2.05, 4.69) is 6.07 Å². The van der Waals surface area contributed by atoms with Crippen molar-refractivity contribution in [3.63, 3.8) is 0 Å². The molecule has 1 aliphatic heterocycles. The van der Waals surface area contributed by atoms with Gasteiger partial charge in [0, 0.05) is 12.7 Å². The molecule has 0 amide bonds. The summed E-state index contributed by atoms with van der Waals surface area (Å²) in [6, 6.07) is 2.43. The molecule has 3 rings (SSSR count). The smallest absolute Gasteiger partial charge is 0.306 e. The average molecular weight is 319 g/mol. The van der Waals surface area contributed by atoms with E-state index in [4.69, 9.17) is 14.2 Å². The maximum Gasteiger partial charge on any atom is 0.306 e. The fraction of sp³-hybridized carbons (Fsp3) is 0.647. The number of allylic oxidation sites excluding steroid dienone is 2. The van der Waals surface area contributed by atoms with Gasteiger partial charge in [0.25, 0.3) is 0 Å². The van der Waals surface area contributed by atoms with Crippen molar-refractivity contribution in [1.82, 2.24) is 0 Å². The molecule has 2 fully saturated rings. The van der Waals surface area contributed by atoms with Crippen LogP contribution in [0.2, 0.25) is 0 Å². The van der Waals surface area contributed by atoms with E-state index in [1.54, 1.807) is 7.11 Å². The van der Waals surface area contributed by atoms with Crippen molar-refractivity contribution in [2.45, 2.75) is 37.9 Å². The Hall–Kier alpha value is -1.84. The van der Waals surface area contributed by atoms with Gasteiger partial charge in [0.15, 0.2) is 0 Å². The van der Waals surface area contributed by atoms with E-state index in [1.165, 1.54) is 0 Å². The van der Waals surface area contributed by atoms with Crippen molar-refractivity contribution < 1.29 is 24.1 Å². The minimum Gasteiger partial charge on any atom is -0.492 e. The number of nitriles is 1. The van der Waals surface area contributed by atoms with E-state index in [1.807, 2.05) is 12.2 Å². The van der Waals surface area contributed by atoms with Crippen molar-refractivity contribution in [2.24, 2.45) is 11.3 Å². The van der Waals surface area contributed by atoms with Crippen LogP contribution >= 0.6 is 0 Å². The molecule has 6 nitrogen and oxygen atoms in total. The molecule has 3 aliphatic rings. The van der Waals surface area contributed by atoms with E-state index >= 15 is 0 Å². The Morgan fingerprint density at radius 2 is 2.17 bits per heavy atom. The number of carboxylic acids is 1. The zero-order valence-electron chi connectivity index (χ0n) is 13.2. The predicted molar refractivity (Wildman–Crippen MR) is 80.3 cm³/mol. The van der Waals surface area contributed by atoms with Gasteiger partial charge >= 0.3 is 5.97 Å². The number of rotatable bonds is 3. The molecule has 1 N–H and O–H groups in total. The van der Waals surface area contributed by atoms with Crippen molar-refractivity contribution in [1.29, 1.82) is 5.26 Å². The lowest BCUT2D eigenvalue weighted by atomic mass is 9.65. The molecule has 0 bridgehead atoms. The van der Waals surface area contributed by atoms with E-state index in [-0.39, 0.29) is 18.1 Å². The number of ether oxygens (including phenoxy) is 3. The molecular weight excluding hydrogens is 298 g/mol. The van der Waals surface area contributed by atoms with Crippen LogP contribution in [0.1, 0.15) is 25.7 Å². The number of hydrogen-bond donors (Lipinski definition) is 1. The van der Waals surface area contributed by atoms with Gasteiger partial charge in [-0.2, -0.15) is 5.26 Å². The summed E-state index contributed by atoms with van der Waals surface area (Å²) >= 11 is 0.